The number of thioether (sulfide) groups is 1. The van der Waals surface area contributed by atoms with Crippen molar-refractivity contribution in [1.29, 1.82) is 0 Å². The molecule has 1 atom stereocenters. The van der Waals surface area contributed by atoms with E-state index in [1.807, 2.05) is 6.26 Å². The van der Waals surface area contributed by atoms with Crippen molar-refractivity contribution in [2.75, 3.05) is 38.8 Å². The molecule has 0 aromatic carbocycles. The van der Waals surface area contributed by atoms with Gasteiger partial charge >= 0.3 is 12.0 Å². The molecule has 3 amide bonds. The lowest BCUT2D eigenvalue weighted by Gasteiger charge is -2.14. The van der Waals surface area contributed by atoms with E-state index in [1.54, 1.807) is 0 Å². The Morgan fingerprint density at radius 2 is 1.95 bits per heavy atom. The smallest absolute Gasteiger partial charge is 0.326 e. The number of carboxylic acids is 1. The Morgan fingerprint density at radius 3 is 2.52 bits per heavy atom. The third kappa shape index (κ3) is 10.9. The number of hydrogen-bond donors (Lipinski definition) is 4. The first-order valence-electron chi connectivity index (χ1n) is 6.53. The van der Waals surface area contributed by atoms with Gasteiger partial charge in [-0.15, -0.1) is 0 Å². The van der Waals surface area contributed by atoms with Gasteiger partial charge in [-0.2, -0.15) is 11.8 Å². The largest absolute Gasteiger partial charge is 0.480 e. The van der Waals surface area contributed by atoms with Gasteiger partial charge in [0.25, 0.3) is 0 Å². The zero-order valence-electron chi connectivity index (χ0n) is 12.3. The van der Waals surface area contributed by atoms with Gasteiger partial charge in [0, 0.05) is 26.6 Å². The van der Waals surface area contributed by atoms with Crippen molar-refractivity contribution in [2.45, 2.75) is 18.9 Å². The first kappa shape index (κ1) is 19.5. The van der Waals surface area contributed by atoms with Crippen molar-refractivity contribution >= 4 is 29.7 Å². The second kappa shape index (κ2) is 12.3. The van der Waals surface area contributed by atoms with Gasteiger partial charge in [0.1, 0.15) is 6.04 Å². The van der Waals surface area contributed by atoms with Gasteiger partial charge in [-0.25, -0.2) is 9.59 Å². The fraction of sp³-hybridized carbons (Fsp3) is 0.750. The zero-order chi connectivity index (χ0) is 16.1. The SMILES string of the molecule is COCCNC(=O)CCNC(=O)N[C@H](CCSC)C(=O)O. The Kier molecular flexibility index (Phi) is 11.4. The van der Waals surface area contributed by atoms with Crippen LogP contribution in [0.2, 0.25) is 0 Å². The average Bonchev–Trinajstić information content (AvgIpc) is 2.43. The van der Waals surface area contributed by atoms with E-state index in [-0.39, 0.29) is 18.9 Å². The van der Waals surface area contributed by atoms with Gasteiger partial charge in [0.15, 0.2) is 0 Å². The van der Waals surface area contributed by atoms with Gasteiger partial charge in [0.2, 0.25) is 5.91 Å². The Labute approximate surface area is 128 Å². The van der Waals surface area contributed by atoms with E-state index in [2.05, 4.69) is 16.0 Å². The van der Waals surface area contributed by atoms with E-state index in [4.69, 9.17) is 9.84 Å². The van der Waals surface area contributed by atoms with Crippen LogP contribution in [0.15, 0.2) is 0 Å². The number of methoxy groups -OCH3 is 1. The molecule has 0 saturated carbocycles. The number of hydrogen-bond acceptors (Lipinski definition) is 5. The predicted molar refractivity (Wildman–Crippen MR) is 80.5 cm³/mol. The number of aliphatic carboxylic acids is 1. The maximum Gasteiger partial charge on any atom is 0.326 e. The van der Waals surface area contributed by atoms with E-state index >= 15 is 0 Å². The molecule has 0 saturated heterocycles. The summed E-state index contributed by atoms with van der Waals surface area (Å²) in [6, 6.07) is -1.51. The van der Waals surface area contributed by atoms with Crippen LogP contribution in [0.1, 0.15) is 12.8 Å². The number of carbonyl (C=O) groups excluding carboxylic acids is 2. The van der Waals surface area contributed by atoms with Crippen molar-refractivity contribution in [3.05, 3.63) is 0 Å². The molecule has 0 aromatic rings. The average molecular weight is 321 g/mol. The number of ether oxygens (including phenoxy) is 1. The highest BCUT2D eigenvalue weighted by molar-refractivity contribution is 7.98. The molecule has 0 fully saturated rings. The van der Waals surface area contributed by atoms with Crippen LogP contribution in [0, 0.1) is 0 Å². The maximum absolute atomic E-state index is 11.5. The van der Waals surface area contributed by atoms with Crippen LogP contribution < -0.4 is 16.0 Å². The molecule has 4 N–H and O–H groups in total. The number of nitrogens with one attached hydrogen (secondary N) is 3. The second-order valence-corrected chi connectivity index (χ2v) is 5.15. The number of amides is 3. The number of carbonyl (C=O) groups is 3. The molecule has 0 bridgehead atoms. The fourth-order valence-corrected chi connectivity index (χ4v) is 1.84. The molecular weight excluding hydrogens is 298 g/mol. The number of rotatable bonds is 11. The summed E-state index contributed by atoms with van der Waals surface area (Å²) < 4.78 is 4.78. The van der Waals surface area contributed by atoms with Gasteiger partial charge < -0.3 is 25.8 Å². The quantitative estimate of drug-likeness (QED) is 0.386. The summed E-state index contributed by atoms with van der Waals surface area (Å²) in [6.07, 6.45) is 2.34. The molecule has 0 aliphatic rings. The van der Waals surface area contributed by atoms with E-state index in [0.717, 1.165) is 0 Å². The molecule has 0 rings (SSSR count). The molecule has 122 valence electrons. The van der Waals surface area contributed by atoms with Crippen molar-refractivity contribution in [1.82, 2.24) is 16.0 Å². The van der Waals surface area contributed by atoms with Crippen LogP contribution in [-0.4, -0.2) is 67.9 Å². The summed E-state index contributed by atoms with van der Waals surface area (Å²) in [6.45, 7) is 0.978. The number of carboxylic acid groups (broad SMARTS) is 1. The molecule has 0 aromatic heterocycles. The third-order valence-electron chi connectivity index (χ3n) is 2.48. The van der Waals surface area contributed by atoms with Gasteiger partial charge in [0.05, 0.1) is 6.61 Å². The predicted octanol–water partition coefficient (Wildman–Crippen LogP) is -0.355. The highest BCUT2D eigenvalue weighted by atomic mass is 32.2. The maximum atomic E-state index is 11.5. The molecule has 0 heterocycles. The van der Waals surface area contributed by atoms with Crippen LogP contribution >= 0.6 is 11.8 Å². The summed E-state index contributed by atoms with van der Waals surface area (Å²) >= 11 is 1.51. The van der Waals surface area contributed by atoms with E-state index in [0.29, 0.717) is 25.3 Å². The Hall–Kier alpha value is -1.48. The third-order valence-corrected chi connectivity index (χ3v) is 3.12. The van der Waals surface area contributed by atoms with Crippen molar-refractivity contribution in [2.24, 2.45) is 0 Å². The van der Waals surface area contributed by atoms with E-state index < -0.39 is 18.0 Å². The van der Waals surface area contributed by atoms with E-state index in [1.165, 1.54) is 18.9 Å². The molecule has 8 nitrogen and oxygen atoms in total. The first-order chi connectivity index (χ1) is 10.0. The Bertz CT molecular complexity index is 341. The summed E-state index contributed by atoms with van der Waals surface area (Å²) in [5.74, 6) is -0.639. The molecule has 0 aliphatic carbocycles. The normalized spacial score (nSPS) is 11.5. The lowest BCUT2D eigenvalue weighted by molar-refractivity contribution is -0.139. The molecule has 0 unspecified atom stereocenters. The Morgan fingerprint density at radius 1 is 1.24 bits per heavy atom. The molecule has 0 radical (unpaired) electrons. The van der Waals surface area contributed by atoms with Gasteiger partial charge in [-0.3, -0.25) is 4.79 Å². The minimum atomic E-state index is -1.07. The fourth-order valence-electron chi connectivity index (χ4n) is 1.37. The Balaban J connectivity index is 3.86. The first-order valence-corrected chi connectivity index (χ1v) is 7.92. The summed E-state index contributed by atoms with van der Waals surface area (Å²) in [7, 11) is 1.54. The summed E-state index contributed by atoms with van der Waals surface area (Å²) in [5.41, 5.74) is 0. The van der Waals surface area contributed by atoms with Gasteiger partial charge in [-0.05, 0) is 18.4 Å². The molecule has 21 heavy (non-hydrogen) atoms. The highest BCUT2D eigenvalue weighted by Crippen LogP contribution is 2.00. The summed E-state index contributed by atoms with van der Waals surface area (Å²) in [5, 5.41) is 16.4. The van der Waals surface area contributed by atoms with Crippen LogP contribution in [-0.2, 0) is 14.3 Å². The van der Waals surface area contributed by atoms with Crippen molar-refractivity contribution in [3.63, 3.8) is 0 Å². The lowest BCUT2D eigenvalue weighted by atomic mass is 10.2. The molecular formula is C12H23N3O5S. The zero-order valence-corrected chi connectivity index (χ0v) is 13.1. The van der Waals surface area contributed by atoms with Crippen molar-refractivity contribution < 1.29 is 24.2 Å². The second-order valence-electron chi connectivity index (χ2n) is 4.17. The van der Waals surface area contributed by atoms with Gasteiger partial charge in [-0.1, -0.05) is 0 Å². The highest BCUT2D eigenvalue weighted by Gasteiger charge is 2.19. The molecule has 0 aliphatic heterocycles. The summed E-state index contributed by atoms with van der Waals surface area (Å²) in [4.78, 5) is 33.8. The standard InChI is InChI=1S/C12H23N3O5S/c1-20-7-6-13-10(16)3-5-14-12(19)15-9(11(17)18)4-8-21-2/h9H,3-8H2,1-2H3,(H,13,16)(H,17,18)(H2,14,15,19)/t9-/m1/s1. The van der Waals surface area contributed by atoms with Crippen LogP contribution in [0.25, 0.3) is 0 Å². The van der Waals surface area contributed by atoms with Crippen molar-refractivity contribution in [3.8, 4) is 0 Å². The minimum absolute atomic E-state index is 0.125. The molecule has 0 spiro atoms. The van der Waals surface area contributed by atoms with Crippen LogP contribution in [0.5, 0.6) is 0 Å². The van der Waals surface area contributed by atoms with E-state index in [9.17, 15) is 14.4 Å². The van der Waals surface area contributed by atoms with Crippen LogP contribution in [0.4, 0.5) is 4.79 Å². The van der Waals surface area contributed by atoms with Crippen LogP contribution in [0.3, 0.4) is 0 Å². The lowest BCUT2D eigenvalue weighted by Crippen LogP contribution is -2.47. The monoisotopic (exact) mass is 321 g/mol. The topological polar surface area (TPSA) is 117 Å². The molecule has 9 heteroatoms. The minimum Gasteiger partial charge on any atom is -0.480 e. The number of urea groups is 1.